The maximum Gasteiger partial charge on any atom is 0.272 e. The Morgan fingerprint density at radius 3 is 2.24 bits per heavy atom. The molecule has 1 fully saturated rings. The zero-order chi connectivity index (χ0) is 31.9. The summed E-state index contributed by atoms with van der Waals surface area (Å²) in [6.45, 7) is 1.94. The monoisotopic (exact) mass is 621 g/mol. The molecule has 5 rings (SSSR count). The number of nitrogens with one attached hydrogen (secondary N) is 2. The number of benzene rings is 4. The fourth-order valence-corrected chi connectivity index (χ4v) is 5.82. The third-order valence-corrected chi connectivity index (χ3v) is 8.25. The average Bonchev–Trinajstić information content (AvgIpc) is 3.33. The minimum Gasteiger partial charge on any atom is -0.493 e. The molecule has 0 aromatic heterocycles. The van der Waals surface area contributed by atoms with Gasteiger partial charge in [-0.3, -0.25) is 19.2 Å². The molecule has 4 amide bonds. The lowest BCUT2D eigenvalue weighted by atomic mass is 10.1. The van der Waals surface area contributed by atoms with E-state index in [0.717, 1.165) is 10.5 Å². The third-order valence-electron chi connectivity index (χ3n) is 7.05. The van der Waals surface area contributed by atoms with Crippen LogP contribution in [0.2, 0.25) is 0 Å². The van der Waals surface area contributed by atoms with Gasteiger partial charge in [0.05, 0.1) is 25.2 Å². The van der Waals surface area contributed by atoms with Gasteiger partial charge in [0.2, 0.25) is 11.8 Å². The van der Waals surface area contributed by atoms with Crippen LogP contribution in [0.4, 0.5) is 11.4 Å². The van der Waals surface area contributed by atoms with Gasteiger partial charge in [0.15, 0.2) is 11.5 Å². The van der Waals surface area contributed by atoms with Gasteiger partial charge in [0.1, 0.15) is 5.70 Å². The molecule has 0 spiro atoms. The van der Waals surface area contributed by atoms with Crippen LogP contribution in [-0.2, 0) is 14.4 Å². The van der Waals surface area contributed by atoms with Gasteiger partial charge in [0.25, 0.3) is 11.8 Å². The summed E-state index contributed by atoms with van der Waals surface area (Å²) in [6.07, 6.45) is 1.61. The summed E-state index contributed by atoms with van der Waals surface area (Å²) in [5.74, 6) is -0.645. The summed E-state index contributed by atoms with van der Waals surface area (Å²) in [5, 5.41) is 4.98. The summed E-state index contributed by atoms with van der Waals surface area (Å²) in [4.78, 5) is 54.3. The van der Waals surface area contributed by atoms with Crippen molar-refractivity contribution in [1.82, 2.24) is 5.32 Å². The van der Waals surface area contributed by atoms with Crippen LogP contribution in [0.1, 0.15) is 27.9 Å². The van der Waals surface area contributed by atoms with Crippen LogP contribution >= 0.6 is 11.8 Å². The van der Waals surface area contributed by atoms with Gasteiger partial charge in [-0.2, -0.15) is 0 Å². The SMILES string of the molecule is COc1cccc(/C=C(\NC(=O)c2ccccc2)C(=O)Nc2ccc(SC3CC(=O)N(c4ccc(C)cc4)C3=O)cc2)c1OC. The van der Waals surface area contributed by atoms with E-state index in [-0.39, 0.29) is 23.9 Å². The largest absolute Gasteiger partial charge is 0.493 e. The van der Waals surface area contributed by atoms with E-state index in [0.29, 0.717) is 34.0 Å². The fraction of sp³-hybridized carbons (Fsp3) is 0.143. The van der Waals surface area contributed by atoms with Crippen molar-refractivity contribution in [2.24, 2.45) is 0 Å². The Balaban J connectivity index is 1.32. The maximum absolute atomic E-state index is 13.5. The molecule has 4 aromatic carbocycles. The molecule has 0 radical (unpaired) electrons. The van der Waals surface area contributed by atoms with Gasteiger partial charge < -0.3 is 20.1 Å². The predicted molar refractivity (Wildman–Crippen MR) is 174 cm³/mol. The highest BCUT2D eigenvalue weighted by Crippen LogP contribution is 2.35. The molecule has 9 nitrogen and oxygen atoms in total. The lowest BCUT2D eigenvalue weighted by Gasteiger charge is -2.15. The number of hydrogen-bond acceptors (Lipinski definition) is 7. The van der Waals surface area contributed by atoms with E-state index in [1.807, 2.05) is 19.1 Å². The van der Waals surface area contributed by atoms with Crippen molar-refractivity contribution in [3.05, 3.63) is 119 Å². The van der Waals surface area contributed by atoms with E-state index in [1.54, 1.807) is 84.9 Å². The summed E-state index contributed by atoms with van der Waals surface area (Å²) < 4.78 is 10.9. The molecule has 1 aliphatic rings. The fourth-order valence-electron chi connectivity index (χ4n) is 4.76. The first kappa shape index (κ1) is 31.1. The van der Waals surface area contributed by atoms with Gasteiger partial charge in [-0.1, -0.05) is 48.0 Å². The second kappa shape index (κ2) is 14.0. The predicted octanol–water partition coefficient (Wildman–Crippen LogP) is 5.85. The molecule has 45 heavy (non-hydrogen) atoms. The minimum atomic E-state index is -0.560. The summed E-state index contributed by atoms with van der Waals surface area (Å²) in [6, 6.07) is 28.0. The van der Waals surface area contributed by atoms with Crippen molar-refractivity contribution in [3.8, 4) is 11.5 Å². The van der Waals surface area contributed by atoms with Crippen LogP contribution in [0.15, 0.2) is 108 Å². The Labute approximate surface area is 265 Å². The number of nitrogens with zero attached hydrogens (tertiary/aromatic N) is 1. The van der Waals surface area contributed by atoms with Crippen molar-refractivity contribution >= 4 is 52.8 Å². The van der Waals surface area contributed by atoms with E-state index in [4.69, 9.17) is 9.47 Å². The Morgan fingerprint density at radius 1 is 0.867 bits per heavy atom. The van der Waals surface area contributed by atoms with Crippen molar-refractivity contribution < 1.29 is 28.7 Å². The second-order valence-corrected chi connectivity index (χ2v) is 11.4. The number of hydrogen-bond donors (Lipinski definition) is 2. The molecule has 4 aromatic rings. The average molecular weight is 622 g/mol. The highest BCUT2D eigenvalue weighted by molar-refractivity contribution is 8.00. The Morgan fingerprint density at radius 2 is 1.58 bits per heavy atom. The molecular weight excluding hydrogens is 590 g/mol. The molecule has 1 aliphatic heterocycles. The highest BCUT2D eigenvalue weighted by Gasteiger charge is 2.40. The number of para-hydroxylation sites is 1. The van der Waals surface area contributed by atoms with E-state index in [9.17, 15) is 19.2 Å². The van der Waals surface area contributed by atoms with Crippen LogP contribution in [-0.4, -0.2) is 43.1 Å². The molecule has 1 unspecified atom stereocenters. The number of rotatable bonds is 10. The van der Waals surface area contributed by atoms with Crippen LogP contribution in [0.3, 0.4) is 0 Å². The smallest absolute Gasteiger partial charge is 0.272 e. The van der Waals surface area contributed by atoms with Gasteiger partial charge >= 0.3 is 0 Å². The number of carbonyl (C=O) groups excluding carboxylic acids is 4. The molecule has 10 heteroatoms. The van der Waals surface area contributed by atoms with E-state index >= 15 is 0 Å². The molecule has 228 valence electrons. The van der Waals surface area contributed by atoms with Crippen LogP contribution < -0.4 is 25.0 Å². The Hall–Kier alpha value is -5.35. The number of aryl methyl sites for hydroxylation is 1. The second-order valence-electron chi connectivity index (χ2n) is 10.2. The quantitative estimate of drug-likeness (QED) is 0.169. The number of thioether (sulfide) groups is 1. The first-order valence-corrected chi connectivity index (χ1v) is 15.0. The Bertz CT molecular complexity index is 1750. The summed E-state index contributed by atoms with van der Waals surface area (Å²) in [5.41, 5.74) is 2.97. The van der Waals surface area contributed by atoms with Crippen molar-refractivity contribution in [1.29, 1.82) is 0 Å². The number of imide groups is 1. The maximum atomic E-state index is 13.5. The molecule has 0 bridgehead atoms. The van der Waals surface area contributed by atoms with Crippen molar-refractivity contribution in [3.63, 3.8) is 0 Å². The molecule has 1 heterocycles. The van der Waals surface area contributed by atoms with Gasteiger partial charge in [-0.25, -0.2) is 4.90 Å². The van der Waals surface area contributed by atoms with Gasteiger partial charge in [-0.05, 0) is 67.6 Å². The number of ether oxygens (including phenoxy) is 2. The lowest BCUT2D eigenvalue weighted by molar-refractivity contribution is -0.121. The van der Waals surface area contributed by atoms with E-state index in [1.165, 1.54) is 37.0 Å². The van der Waals surface area contributed by atoms with Crippen LogP contribution in [0.5, 0.6) is 11.5 Å². The van der Waals surface area contributed by atoms with Crippen LogP contribution in [0.25, 0.3) is 6.08 Å². The number of methoxy groups -OCH3 is 2. The first-order chi connectivity index (χ1) is 21.8. The molecule has 1 saturated heterocycles. The minimum absolute atomic E-state index is 0.0138. The molecule has 2 N–H and O–H groups in total. The summed E-state index contributed by atoms with van der Waals surface area (Å²) in [7, 11) is 3.00. The number of carbonyl (C=O) groups is 4. The topological polar surface area (TPSA) is 114 Å². The highest BCUT2D eigenvalue weighted by atomic mass is 32.2. The lowest BCUT2D eigenvalue weighted by Crippen LogP contribution is -2.31. The zero-order valence-corrected chi connectivity index (χ0v) is 25.7. The van der Waals surface area contributed by atoms with Crippen molar-refractivity contribution in [2.75, 3.05) is 24.4 Å². The van der Waals surface area contributed by atoms with Gasteiger partial charge in [-0.15, -0.1) is 11.8 Å². The first-order valence-electron chi connectivity index (χ1n) is 14.1. The zero-order valence-electron chi connectivity index (χ0n) is 24.9. The molecule has 0 aliphatic carbocycles. The molecule has 0 saturated carbocycles. The van der Waals surface area contributed by atoms with E-state index in [2.05, 4.69) is 10.6 Å². The normalized spacial score (nSPS) is 14.7. The number of anilines is 2. The van der Waals surface area contributed by atoms with E-state index < -0.39 is 17.1 Å². The van der Waals surface area contributed by atoms with Crippen LogP contribution in [0, 0.1) is 6.92 Å². The van der Waals surface area contributed by atoms with Crippen molar-refractivity contribution in [2.45, 2.75) is 23.5 Å². The molecular formula is C35H31N3O6S. The standard InChI is InChI=1S/C35H31N3O6S/c1-22-12-16-26(17-13-22)38-31(39)21-30(35(38)42)45-27-18-14-25(15-19-27)36-34(41)28(37-33(40)23-8-5-4-6-9-23)20-24-10-7-11-29(43-2)32(24)44-3/h4-20,30H,21H2,1-3H3,(H,36,41)(H,37,40)/b28-20-. The third kappa shape index (κ3) is 7.25. The summed E-state index contributed by atoms with van der Waals surface area (Å²) >= 11 is 1.30. The van der Waals surface area contributed by atoms with Gasteiger partial charge in [0, 0.05) is 28.1 Å². The number of amides is 4. The molecule has 1 atom stereocenters. The Kier molecular flexibility index (Phi) is 9.64.